The Morgan fingerprint density at radius 3 is 2.92 bits per heavy atom. The first kappa shape index (κ1) is 17.5. The van der Waals surface area contributed by atoms with E-state index < -0.39 is 38.9 Å². The molecule has 134 valence electrons. The Bertz CT molecular complexity index is 877. The number of azide groups is 1. The number of nitrogens with zero attached hydrogens (tertiary/aromatic N) is 7. The van der Waals surface area contributed by atoms with Gasteiger partial charge in [0.1, 0.15) is 17.9 Å². The minimum absolute atomic E-state index is 0.129. The van der Waals surface area contributed by atoms with E-state index in [1.54, 1.807) is 0 Å². The lowest BCUT2D eigenvalue weighted by molar-refractivity contribution is -0.0483. The van der Waals surface area contributed by atoms with E-state index in [9.17, 15) is 9.67 Å². The van der Waals surface area contributed by atoms with Crippen molar-refractivity contribution in [3.63, 3.8) is 0 Å². The van der Waals surface area contributed by atoms with Crippen LogP contribution in [0, 0.1) is 0 Å². The molecule has 3 rings (SSSR count). The lowest BCUT2D eigenvalue weighted by Gasteiger charge is -2.16. The zero-order valence-corrected chi connectivity index (χ0v) is 13.3. The van der Waals surface area contributed by atoms with Crippen LogP contribution >= 0.6 is 7.82 Å². The molecule has 0 saturated carbocycles. The van der Waals surface area contributed by atoms with E-state index in [0.717, 1.165) is 0 Å². The van der Waals surface area contributed by atoms with E-state index in [0.29, 0.717) is 0 Å². The molecule has 2 aromatic rings. The smallest absolute Gasteiger partial charge is 0.388 e. The first-order valence-corrected chi connectivity index (χ1v) is 8.35. The SMILES string of the molecule is [N-]=[N+]=N[C@@H]1C(O)[C@H](n2cnc3c(N)ncnc32)O[C@@H]1COP(=O)(O)O. The molecule has 0 bridgehead atoms. The van der Waals surface area contributed by atoms with Crippen LogP contribution in [0.25, 0.3) is 21.6 Å². The highest BCUT2D eigenvalue weighted by molar-refractivity contribution is 7.46. The van der Waals surface area contributed by atoms with Gasteiger partial charge in [0.15, 0.2) is 17.7 Å². The molecular formula is C10H13N8O6P. The number of aliphatic hydroxyl groups is 1. The summed E-state index contributed by atoms with van der Waals surface area (Å²) in [6.07, 6.45) is -1.01. The third-order valence-electron chi connectivity index (χ3n) is 3.59. The van der Waals surface area contributed by atoms with Crippen LogP contribution in [-0.2, 0) is 13.8 Å². The van der Waals surface area contributed by atoms with E-state index in [1.807, 2.05) is 0 Å². The van der Waals surface area contributed by atoms with Gasteiger partial charge in [0.25, 0.3) is 0 Å². The van der Waals surface area contributed by atoms with Gasteiger partial charge >= 0.3 is 7.82 Å². The van der Waals surface area contributed by atoms with Crippen molar-refractivity contribution in [1.29, 1.82) is 0 Å². The number of imidazole rings is 1. The summed E-state index contributed by atoms with van der Waals surface area (Å²) in [7, 11) is -4.76. The van der Waals surface area contributed by atoms with Gasteiger partial charge in [-0.1, -0.05) is 5.11 Å². The van der Waals surface area contributed by atoms with Crippen LogP contribution in [0.2, 0.25) is 0 Å². The Balaban J connectivity index is 1.92. The van der Waals surface area contributed by atoms with Gasteiger partial charge in [-0.25, -0.2) is 19.5 Å². The number of rotatable bonds is 5. The van der Waals surface area contributed by atoms with Gasteiger partial charge in [-0.3, -0.25) is 9.09 Å². The number of fused-ring (bicyclic) bond motifs is 1. The number of hydrogen-bond donors (Lipinski definition) is 4. The molecule has 1 unspecified atom stereocenters. The fraction of sp³-hybridized carbons (Fsp3) is 0.500. The maximum absolute atomic E-state index is 10.9. The number of phosphoric acid groups is 1. The first-order chi connectivity index (χ1) is 11.8. The van der Waals surface area contributed by atoms with Gasteiger partial charge in [-0.15, -0.1) is 0 Å². The second kappa shape index (κ2) is 6.54. The molecule has 1 aliphatic heterocycles. The minimum Gasteiger partial charge on any atom is -0.388 e. The van der Waals surface area contributed by atoms with Crippen molar-refractivity contribution < 1.29 is 28.7 Å². The predicted molar refractivity (Wildman–Crippen MR) is 80.6 cm³/mol. The van der Waals surface area contributed by atoms with E-state index in [1.165, 1.54) is 17.2 Å². The average molecular weight is 372 g/mol. The molecule has 0 aliphatic carbocycles. The molecule has 1 fully saturated rings. The van der Waals surface area contributed by atoms with Gasteiger partial charge in [-0.2, -0.15) is 0 Å². The van der Waals surface area contributed by atoms with Crippen LogP contribution < -0.4 is 5.73 Å². The van der Waals surface area contributed by atoms with E-state index >= 15 is 0 Å². The van der Waals surface area contributed by atoms with Crippen LogP contribution in [0.3, 0.4) is 0 Å². The maximum Gasteiger partial charge on any atom is 0.469 e. The lowest BCUT2D eigenvalue weighted by atomic mass is 10.1. The number of ether oxygens (including phenoxy) is 1. The molecule has 0 aromatic carbocycles. The normalized spacial score (nSPS) is 26.7. The zero-order valence-electron chi connectivity index (χ0n) is 12.4. The number of phosphoric ester groups is 1. The molecule has 0 radical (unpaired) electrons. The van der Waals surface area contributed by atoms with Crippen molar-refractivity contribution in [1.82, 2.24) is 19.5 Å². The van der Waals surface area contributed by atoms with Gasteiger partial charge < -0.3 is 25.4 Å². The predicted octanol–water partition coefficient (Wildman–Crippen LogP) is -0.545. The van der Waals surface area contributed by atoms with E-state index in [4.69, 9.17) is 25.8 Å². The number of nitrogens with two attached hydrogens (primary N) is 1. The molecule has 0 spiro atoms. The largest absolute Gasteiger partial charge is 0.469 e. The molecule has 0 amide bonds. The van der Waals surface area contributed by atoms with Gasteiger partial charge in [-0.05, 0) is 5.53 Å². The molecule has 14 nitrogen and oxygen atoms in total. The Hall–Kier alpha value is -2.31. The van der Waals surface area contributed by atoms with Crippen molar-refractivity contribution in [2.75, 3.05) is 12.3 Å². The number of hydrogen-bond acceptors (Lipinski definition) is 9. The van der Waals surface area contributed by atoms with Crippen LogP contribution in [0.4, 0.5) is 5.82 Å². The standard InChI is InChI=1S/C10H13N8O6P/c11-8-6-9(14-2-13-8)18(3-15-6)10-7(19)5(16-17-12)4(24-10)1-23-25(20,21)22/h2-5,7,10,19H,1H2,(H2,11,13,14)(H2,20,21,22)/t4-,5+,7?,10-/m1/s1. The van der Waals surface area contributed by atoms with Crippen LogP contribution in [0.15, 0.2) is 17.8 Å². The quantitative estimate of drug-likeness (QED) is 0.227. The van der Waals surface area contributed by atoms with Crippen LogP contribution in [0.5, 0.6) is 0 Å². The Kier molecular flexibility index (Phi) is 4.58. The maximum atomic E-state index is 10.9. The highest BCUT2D eigenvalue weighted by atomic mass is 31.2. The van der Waals surface area contributed by atoms with Crippen molar-refractivity contribution in [3.05, 3.63) is 23.1 Å². The Morgan fingerprint density at radius 2 is 2.24 bits per heavy atom. The lowest BCUT2D eigenvalue weighted by Crippen LogP contribution is -2.32. The third kappa shape index (κ3) is 3.41. The van der Waals surface area contributed by atoms with Crippen molar-refractivity contribution >= 4 is 24.8 Å². The minimum atomic E-state index is -4.76. The Morgan fingerprint density at radius 1 is 1.48 bits per heavy atom. The van der Waals surface area contributed by atoms with Crippen molar-refractivity contribution in [2.24, 2.45) is 5.11 Å². The molecule has 2 aromatic heterocycles. The van der Waals surface area contributed by atoms with E-state index in [-0.39, 0.29) is 17.0 Å². The average Bonchev–Trinajstić information content (AvgIpc) is 3.09. The summed E-state index contributed by atoms with van der Waals surface area (Å²) >= 11 is 0. The van der Waals surface area contributed by atoms with Crippen molar-refractivity contribution in [3.8, 4) is 0 Å². The molecule has 5 N–H and O–H groups in total. The highest BCUT2D eigenvalue weighted by Gasteiger charge is 2.45. The number of aromatic nitrogens is 4. The summed E-state index contributed by atoms with van der Waals surface area (Å²) in [5.41, 5.74) is 14.9. The van der Waals surface area contributed by atoms with Gasteiger partial charge in [0.2, 0.25) is 0 Å². The first-order valence-electron chi connectivity index (χ1n) is 6.82. The van der Waals surface area contributed by atoms with Crippen LogP contribution in [-0.4, -0.2) is 59.3 Å². The molecule has 25 heavy (non-hydrogen) atoms. The number of nitrogen functional groups attached to an aromatic ring is 1. The van der Waals surface area contributed by atoms with Crippen LogP contribution in [0.1, 0.15) is 6.23 Å². The topological polar surface area (TPSA) is 215 Å². The molecule has 15 heteroatoms. The summed E-state index contributed by atoms with van der Waals surface area (Å²) in [5.74, 6) is 0.129. The van der Waals surface area contributed by atoms with Gasteiger partial charge in [0, 0.05) is 4.91 Å². The molecule has 4 atom stereocenters. The Labute approximate surface area is 139 Å². The molecular weight excluding hydrogens is 359 g/mol. The summed E-state index contributed by atoms with van der Waals surface area (Å²) in [5, 5.41) is 13.8. The summed E-state index contributed by atoms with van der Waals surface area (Å²) in [4.78, 5) is 32.1. The summed E-state index contributed by atoms with van der Waals surface area (Å²) in [6.45, 7) is -0.592. The third-order valence-corrected chi connectivity index (χ3v) is 4.08. The second-order valence-electron chi connectivity index (χ2n) is 5.12. The fourth-order valence-corrected chi connectivity index (χ4v) is 2.87. The molecule has 1 aliphatic rings. The molecule has 3 heterocycles. The number of aliphatic hydroxyl groups excluding tert-OH is 1. The zero-order chi connectivity index (χ0) is 18.2. The summed E-state index contributed by atoms with van der Waals surface area (Å²) in [6, 6.07) is -1.14. The van der Waals surface area contributed by atoms with Crippen molar-refractivity contribution in [2.45, 2.75) is 24.5 Å². The van der Waals surface area contributed by atoms with Gasteiger partial charge in [0.05, 0.1) is 25.1 Å². The number of anilines is 1. The summed E-state index contributed by atoms with van der Waals surface area (Å²) < 4.78 is 22.2. The second-order valence-corrected chi connectivity index (χ2v) is 6.36. The monoisotopic (exact) mass is 372 g/mol. The van der Waals surface area contributed by atoms with E-state index in [2.05, 4.69) is 29.5 Å². The molecule has 1 saturated heterocycles. The fourth-order valence-electron chi connectivity index (χ4n) is 2.53. The highest BCUT2D eigenvalue weighted by Crippen LogP contribution is 2.39.